The number of aromatic hydroxyl groups is 1. The summed E-state index contributed by atoms with van der Waals surface area (Å²) in [6, 6.07) is 5.11. The Bertz CT molecular complexity index is 841. The summed E-state index contributed by atoms with van der Waals surface area (Å²) >= 11 is 1.27. The van der Waals surface area contributed by atoms with Gasteiger partial charge >= 0.3 is 0 Å². The van der Waals surface area contributed by atoms with Crippen LogP contribution in [0, 0.1) is 23.7 Å². The lowest BCUT2D eigenvalue weighted by Gasteiger charge is -2.14. The SMILES string of the molecule is O=C1[C@@H]2C3C=CC(C3)[C@@H]2C(=O)N1c1nc2c(O)cccc2s1. The van der Waals surface area contributed by atoms with Crippen molar-refractivity contribution in [3.05, 3.63) is 30.4 Å². The van der Waals surface area contributed by atoms with Gasteiger partial charge in [0.15, 0.2) is 5.13 Å². The van der Waals surface area contributed by atoms with Crippen molar-refractivity contribution in [1.29, 1.82) is 0 Å². The molecule has 1 aliphatic heterocycles. The Morgan fingerprint density at radius 3 is 2.45 bits per heavy atom. The van der Waals surface area contributed by atoms with Crippen LogP contribution in [-0.2, 0) is 9.59 Å². The molecule has 1 aromatic heterocycles. The monoisotopic (exact) mass is 312 g/mol. The number of imide groups is 1. The van der Waals surface area contributed by atoms with E-state index in [0.717, 1.165) is 11.1 Å². The first-order valence-corrected chi connectivity index (χ1v) is 8.11. The quantitative estimate of drug-likeness (QED) is 0.648. The topological polar surface area (TPSA) is 70.5 Å². The summed E-state index contributed by atoms with van der Waals surface area (Å²) in [6.07, 6.45) is 5.07. The largest absolute Gasteiger partial charge is 0.506 e. The van der Waals surface area contributed by atoms with Crippen LogP contribution in [0.5, 0.6) is 5.75 Å². The molecule has 2 amide bonds. The van der Waals surface area contributed by atoms with Gasteiger partial charge in [-0.2, -0.15) is 0 Å². The summed E-state index contributed by atoms with van der Waals surface area (Å²) in [5.41, 5.74) is 0.446. The van der Waals surface area contributed by atoms with Gasteiger partial charge < -0.3 is 5.11 Å². The molecule has 4 atom stereocenters. The second-order valence-corrected chi connectivity index (χ2v) is 7.14. The van der Waals surface area contributed by atoms with E-state index in [1.54, 1.807) is 12.1 Å². The van der Waals surface area contributed by atoms with E-state index in [9.17, 15) is 14.7 Å². The number of phenols is 1. The summed E-state index contributed by atoms with van der Waals surface area (Å²) in [7, 11) is 0. The van der Waals surface area contributed by atoms with Crippen LogP contribution in [0.25, 0.3) is 10.2 Å². The molecule has 1 saturated carbocycles. The third-order valence-electron chi connectivity index (χ3n) is 5.05. The van der Waals surface area contributed by atoms with Gasteiger partial charge in [0.2, 0.25) is 11.8 Å². The molecular formula is C16H12N2O3S. The van der Waals surface area contributed by atoms with E-state index in [-0.39, 0.29) is 41.2 Å². The van der Waals surface area contributed by atoms with Crippen molar-refractivity contribution in [3.63, 3.8) is 0 Å². The third kappa shape index (κ3) is 1.36. The molecule has 2 heterocycles. The van der Waals surface area contributed by atoms with Gasteiger partial charge in [0, 0.05) is 0 Å². The molecule has 22 heavy (non-hydrogen) atoms. The molecule has 2 aliphatic carbocycles. The lowest BCUT2D eigenvalue weighted by atomic mass is 9.85. The highest BCUT2D eigenvalue weighted by atomic mass is 32.1. The molecule has 1 saturated heterocycles. The number of aromatic nitrogens is 1. The Balaban J connectivity index is 1.62. The highest BCUT2D eigenvalue weighted by molar-refractivity contribution is 7.22. The van der Waals surface area contributed by atoms with Gasteiger partial charge in [0.1, 0.15) is 11.3 Å². The van der Waals surface area contributed by atoms with Gasteiger partial charge in [0.05, 0.1) is 16.5 Å². The highest BCUT2D eigenvalue weighted by Gasteiger charge is 2.60. The van der Waals surface area contributed by atoms with Crippen LogP contribution in [0.15, 0.2) is 30.4 Å². The Labute approximate surface area is 129 Å². The predicted octanol–water partition coefficient (Wildman–Crippen LogP) is 2.31. The number of hydrogen-bond donors (Lipinski definition) is 1. The second-order valence-electron chi connectivity index (χ2n) is 6.13. The number of anilines is 1. The molecule has 0 spiro atoms. The minimum Gasteiger partial charge on any atom is -0.506 e. The van der Waals surface area contributed by atoms with Crippen LogP contribution >= 0.6 is 11.3 Å². The number of carbonyl (C=O) groups excluding carboxylic acids is 2. The maximum absolute atomic E-state index is 12.7. The molecule has 1 N–H and O–H groups in total. The molecule has 5 rings (SSSR count). The van der Waals surface area contributed by atoms with Crippen molar-refractivity contribution in [2.75, 3.05) is 4.90 Å². The first-order valence-electron chi connectivity index (χ1n) is 7.30. The summed E-state index contributed by atoms with van der Waals surface area (Å²) < 4.78 is 0.772. The predicted molar refractivity (Wildman–Crippen MR) is 81.5 cm³/mol. The molecule has 2 fully saturated rings. The van der Waals surface area contributed by atoms with E-state index in [0.29, 0.717) is 10.6 Å². The summed E-state index contributed by atoms with van der Waals surface area (Å²) in [5.74, 6) is -0.249. The number of hydrogen-bond acceptors (Lipinski definition) is 5. The van der Waals surface area contributed by atoms with Crippen LogP contribution in [0.2, 0.25) is 0 Å². The Hall–Kier alpha value is -2.21. The van der Waals surface area contributed by atoms with Crippen LogP contribution in [0.3, 0.4) is 0 Å². The number of thiazole rings is 1. The van der Waals surface area contributed by atoms with Crippen LogP contribution in [-0.4, -0.2) is 21.9 Å². The Morgan fingerprint density at radius 2 is 1.82 bits per heavy atom. The first-order chi connectivity index (χ1) is 10.6. The number of rotatable bonds is 1. The molecule has 0 radical (unpaired) electrons. The van der Waals surface area contributed by atoms with E-state index in [1.807, 2.05) is 6.07 Å². The molecule has 2 unspecified atom stereocenters. The third-order valence-corrected chi connectivity index (χ3v) is 6.05. The summed E-state index contributed by atoms with van der Waals surface area (Å²) in [5, 5.41) is 10.2. The average molecular weight is 312 g/mol. The summed E-state index contributed by atoms with van der Waals surface area (Å²) in [4.78, 5) is 31.0. The van der Waals surface area contributed by atoms with Crippen molar-refractivity contribution >= 4 is 38.5 Å². The van der Waals surface area contributed by atoms with E-state index in [4.69, 9.17) is 0 Å². The number of amides is 2. The zero-order valence-corrected chi connectivity index (χ0v) is 12.3. The van der Waals surface area contributed by atoms with Crippen molar-refractivity contribution in [2.24, 2.45) is 23.7 Å². The number of carbonyl (C=O) groups is 2. The van der Waals surface area contributed by atoms with Crippen molar-refractivity contribution < 1.29 is 14.7 Å². The highest BCUT2D eigenvalue weighted by Crippen LogP contribution is 2.53. The number of fused-ring (bicyclic) bond motifs is 6. The maximum atomic E-state index is 12.7. The fourth-order valence-corrected chi connectivity index (χ4v) is 5.11. The van der Waals surface area contributed by atoms with Crippen LogP contribution in [0.1, 0.15) is 6.42 Å². The minimum absolute atomic E-state index is 0.0704. The van der Waals surface area contributed by atoms with Gasteiger partial charge in [-0.15, -0.1) is 0 Å². The first kappa shape index (κ1) is 12.3. The average Bonchev–Trinajstić information content (AvgIpc) is 3.22. The Kier molecular flexibility index (Phi) is 2.22. The smallest absolute Gasteiger partial charge is 0.240 e. The molecule has 110 valence electrons. The van der Waals surface area contributed by atoms with E-state index in [1.165, 1.54) is 16.2 Å². The number of para-hydroxylation sites is 1. The van der Waals surface area contributed by atoms with E-state index < -0.39 is 0 Å². The summed E-state index contributed by atoms with van der Waals surface area (Å²) in [6.45, 7) is 0. The van der Waals surface area contributed by atoms with Crippen molar-refractivity contribution in [1.82, 2.24) is 4.98 Å². The van der Waals surface area contributed by atoms with Crippen molar-refractivity contribution in [2.45, 2.75) is 6.42 Å². The van der Waals surface area contributed by atoms with Gasteiger partial charge in [-0.05, 0) is 30.4 Å². The Morgan fingerprint density at radius 1 is 1.14 bits per heavy atom. The normalized spacial score (nSPS) is 32.5. The van der Waals surface area contributed by atoms with Crippen molar-refractivity contribution in [3.8, 4) is 5.75 Å². The second kappa shape index (κ2) is 3.95. The molecule has 1 aromatic carbocycles. The van der Waals surface area contributed by atoms with Gasteiger partial charge in [-0.3, -0.25) is 9.59 Å². The molecular weight excluding hydrogens is 300 g/mol. The molecule has 3 aliphatic rings. The molecule has 6 heteroatoms. The lowest BCUT2D eigenvalue weighted by Crippen LogP contribution is -2.32. The number of nitrogens with zero attached hydrogens (tertiary/aromatic N) is 2. The fourth-order valence-electron chi connectivity index (χ4n) is 4.11. The van der Waals surface area contributed by atoms with Gasteiger partial charge in [-0.25, -0.2) is 9.88 Å². The maximum Gasteiger partial charge on any atom is 0.240 e. The van der Waals surface area contributed by atoms with Crippen LogP contribution < -0.4 is 4.90 Å². The van der Waals surface area contributed by atoms with Gasteiger partial charge in [0.25, 0.3) is 0 Å². The number of benzene rings is 1. The van der Waals surface area contributed by atoms with Crippen LogP contribution in [0.4, 0.5) is 5.13 Å². The van der Waals surface area contributed by atoms with E-state index >= 15 is 0 Å². The number of allylic oxidation sites excluding steroid dienone is 2. The van der Waals surface area contributed by atoms with E-state index in [2.05, 4.69) is 17.1 Å². The number of phenolic OH excluding ortho intramolecular Hbond substituents is 1. The lowest BCUT2D eigenvalue weighted by molar-refractivity contribution is -0.123. The fraction of sp³-hybridized carbons (Fsp3) is 0.312. The molecule has 2 bridgehead atoms. The minimum atomic E-state index is -0.219. The zero-order chi connectivity index (χ0) is 15.0. The van der Waals surface area contributed by atoms with Gasteiger partial charge in [-0.1, -0.05) is 29.6 Å². The zero-order valence-electron chi connectivity index (χ0n) is 11.5. The standard InChI is InChI=1S/C16H12N2O3S/c19-9-2-1-3-10-13(9)17-16(22-10)18-14(20)11-7-4-5-8(6-7)12(11)15(18)21/h1-5,7-8,11-12,19H,6H2/t7?,8?,11-,12+. The molecule has 2 aromatic rings. The molecule has 5 nitrogen and oxygen atoms in total.